The van der Waals surface area contributed by atoms with E-state index in [0.29, 0.717) is 6.54 Å². The zero-order chi connectivity index (χ0) is 8.10. The number of aliphatic hydroxyl groups excluding tert-OH is 1. The van der Waals surface area contributed by atoms with Gasteiger partial charge in [-0.3, -0.25) is 0 Å². The number of nitrogens with one attached hydrogen (secondary N) is 1. The van der Waals surface area contributed by atoms with Crippen molar-refractivity contribution in [3.63, 3.8) is 0 Å². The van der Waals surface area contributed by atoms with Crippen molar-refractivity contribution in [1.29, 1.82) is 0 Å². The van der Waals surface area contributed by atoms with Crippen molar-refractivity contribution in [3.8, 4) is 0 Å². The lowest BCUT2D eigenvalue weighted by Gasteiger charge is -2.13. The molecule has 0 saturated carbocycles. The lowest BCUT2D eigenvalue weighted by Crippen LogP contribution is -2.31. The summed E-state index contributed by atoms with van der Waals surface area (Å²) in [6, 6.07) is -0.241. The van der Waals surface area contributed by atoms with Gasteiger partial charge in [0.25, 0.3) is 0 Å². The molecule has 0 aromatic rings. The van der Waals surface area contributed by atoms with E-state index in [-0.39, 0.29) is 6.04 Å². The van der Waals surface area contributed by atoms with Crippen LogP contribution in [0.3, 0.4) is 0 Å². The quantitative estimate of drug-likeness (QED) is 0.327. The lowest BCUT2D eigenvalue weighted by molar-refractivity contribution is 0.148. The fraction of sp³-hybridized carbons (Fsp3) is 1.00. The summed E-state index contributed by atoms with van der Waals surface area (Å²) in [4.78, 5) is 2.69. The Bertz CT molecular complexity index is 166. The van der Waals surface area contributed by atoms with Gasteiger partial charge in [-0.05, 0) is 24.9 Å². The molecule has 1 aliphatic rings. The summed E-state index contributed by atoms with van der Waals surface area (Å²) in [5, 5.41) is 15.9. The van der Waals surface area contributed by atoms with Gasteiger partial charge in [0.15, 0.2) is 0 Å². The molecule has 2 N–H and O–H groups in total. The van der Waals surface area contributed by atoms with Crippen LogP contribution in [-0.2, 0) is 0 Å². The third-order valence-electron chi connectivity index (χ3n) is 1.85. The molecule has 1 saturated heterocycles. The van der Waals surface area contributed by atoms with E-state index in [4.69, 9.17) is 5.53 Å². The normalized spacial score (nSPS) is 32.1. The summed E-state index contributed by atoms with van der Waals surface area (Å²) >= 11 is 0. The van der Waals surface area contributed by atoms with E-state index >= 15 is 0 Å². The molecule has 0 aromatic heterocycles. The smallest absolute Gasteiger partial charge is 0.0749 e. The van der Waals surface area contributed by atoms with Crippen LogP contribution in [0, 0.1) is 0 Å². The van der Waals surface area contributed by atoms with Crippen molar-refractivity contribution in [2.24, 2.45) is 5.11 Å². The first-order chi connectivity index (χ1) is 5.34. The molecule has 0 spiro atoms. The number of hydrogen-bond acceptors (Lipinski definition) is 3. The van der Waals surface area contributed by atoms with Crippen LogP contribution in [0.25, 0.3) is 10.4 Å². The second-order valence-corrected chi connectivity index (χ2v) is 2.69. The maximum absolute atomic E-state index is 9.35. The number of rotatable bonds is 1. The van der Waals surface area contributed by atoms with E-state index in [0.717, 1.165) is 19.4 Å². The molecule has 0 amide bonds. The van der Waals surface area contributed by atoms with E-state index in [1.165, 1.54) is 0 Å². The Morgan fingerprint density at radius 3 is 3.18 bits per heavy atom. The van der Waals surface area contributed by atoms with E-state index in [1.807, 2.05) is 0 Å². The third kappa shape index (κ3) is 2.38. The van der Waals surface area contributed by atoms with Crippen LogP contribution in [0.1, 0.15) is 12.8 Å². The maximum atomic E-state index is 9.35. The van der Waals surface area contributed by atoms with E-state index in [1.54, 1.807) is 0 Å². The number of nitrogens with zero attached hydrogens (tertiary/aromatic N) is 3. The van der Waals surface area contributed by atoms with E-state index < -0.39 is 6.10 Å². The summed E-state index contributed by atoms with van der Waals surface area (Å²) in [7, 11) is 0. The molecule has 1 rings (SSSR count). The average molecular weight is 156 g/mol. The second-order valence-electron chi connectivity index (χ2n) is 2.69. The Kier molecular flexibility index (Phi) is 3.16. The van der Waals surface area contributed by atoms with E-state index in [9.17, 15) is 5.11 Å². The number of aliphatic hydroxyl groups is 1. The monoisotopic (exact) mass is 156 g/mol. The van der Waals surface area contributed by atoms with Crippen LogP contribution in [0.4, 0.5) is 0 Å². The van der Waals surface area contributed by atoms with Crippen molar-refractivity contribution in [3.05, 3.63) is 10.4 Å². The maximum Gasteiger partial charge on any atom is 0.0749 e. The standard InChI is InChI=1S/C6H12N4O/c7-10-9-5-2-1-3-8-4-6(5)11/h5-6,8,11H,1-4H2. The summed E-state index contributed by atoms with van der Waals surface area (Å²) in [6.07, 6.45) is 1.22. The summed E-state index contributed by atoms with van der Waals surface area (Å²) in [6.45, 7) is 1.43. The van der Waals surface area contributed by atoms with Gasteiger partial charge in [0.1, 0.15) is 0 Å². The Balaban J connectivity index is 2.51. The first-order valence-corrected chi connectivity index (χ1v) is 3.77. The molecule has 2 unspecified atom stereocenters. The van der Waals surface area contributed by atoms with Gasteiger partial charge < -0.3 is 10.4 Å². The molecule has 2 atom stereocenters. The largest absolute Gasteiger partial charge is 0.391 e. The van der Waals surface area contributed by atoms with Gasteiger partial charge in [0, 0.05) is 11.5 Å². The Morgan fingerprint density at radius 2 is 2.45 bits per heavy atom. The van der Waals surface area contributed by atoms with Crippen molar-refractivity contribution in [2.45, 2.75) is 25.0 Å². The average Bonchev–Trinajstić information content (AvgIpc) is 2.18. The first kappa shape index (κ1) is 8.33. The topological polar surface area (TPSA) is 81.0 Å². The van der Waals surface area contributed by atoms with Gasteiger partial charge in [0.05, 0.1) is 12.1 Å². The molecular weight excluding hydrogens is 144 g/mol. The number of β-amino-alcohol motifs (C(OH)–C–C–N with tert-alkyl or cyclic N) is 1. The van der Waals surface area contributed by atoms with Crippen LogP contribution in [0.2, 0.25) is 0 Å². The van der Waals surface area contributed by atoms with Crippen LogP contribution >= 0.6 is 0 Å². The highest BCUT2D eigenvalue weighted by Gasteiger charge is 2.19. The molecule has 62 valence electrons. The minimum absolute atomic E-state index is 0.241. The summed E-state index contributed by atoms with van der Waals surface area (Å²) < 4.78 is 0. The predicted molar refractivity (Wildman–Crippen MR) is 41.0 cm³/mol. The van der Waals surface area contributed by atoms with Crippen LogP contribution in [-0.4, -0.2) is 30.3 Å². The van der Waals surface area contributed by atoms with Gasteiger partial charge in [-0.2, -0.15) is 0 Å². The number of azide groups is 1. The van der Waals surface area contributed by atoms with Gasteiger partial charge in [-0.15, -0.1) is 0 Å². The molecular formula is C6H12N4O. The molecule has 0 bridgehead atoms. The van der Waals surface area contributed by atoms with E-state index in [2.05, 4.69) is 15.3 Å². The van der Waals surface area contributed by atoms with Crippen molar-refractivity contribution in [2.75, 3.05) is 13.1 Å². The Morgan fingerprint density at radius 1 is 1.64 bits per heavy atom. The lowest BCUT2D eigenvalue weighted by atomic mass is 10.1. The fourth-order valence-electron chi connectivity index (χ4n) is 1.22. The van der Waals surface area contributed by atoms with Crippen molar-refractivity contribution < 1.29 is 5.11 Å². The van der Waals surface area contributed by atoms with Crippen LogP contribution in [0.5, 0.6) is 0 Å². The minimum atomic E-state index is -0.520. The zero-order valence-corrected chi connectivity index (χ0v) is 6.27. The fourth-order valence-corrected chi connectivity index (χ4v) is 1.22. The van der Waals surface area contributed by atoms with Crippen LogP contribution in [0.15, 0.2) is 5.11 Å². The summed E-state index contributed by atoms with van der Waals surface area (Å²) in [5.74, 6) is 0. The zero-order valence-electron chi connectivity index (χ0n) is 6.27. The van der Waals surface area contributed by atoms with Crippen molar-refractivity contribution >= 4 is 0 Å². The first-order valence-electron chi connectivity index (χ1n) is 3.77. The molecule has 5 heteroatoms. The van der Waals surface area contributed by atoms with Gasteiger partial charge in [-0.25, -0.2) is 0 Å². The second kappa shape index (κ2) is 4.18. The Labute approximate surface area is 65.0 Å². The molecule has 5 nitrogen and oxygen atoms in total. The van der Waals surface area contributed by atoms with Gasteiger partial charge in [-0.1, -0.05) is 5.11 Å². The molecule has 11 heavy (non-hydrogen) atoms. The molecule has 1 heterocycles. The predicted octanol–water partition coefficient (Wildman–Crippen LogP) is 0.410. The SMILES string of the molecule is [N-]=[N+]=NC1CCCNCC1O. The Hall–Kier alpha value is -0.770. The van der Waals surface area contributed by atoms with Gasteiger partial charge in [0.2, 0.25) is 0 Å². The summed E-state index contributed by atoms with van der Waals surface area (Å²) in [5.41, 5.74) is 8.15. The molecule has 1 fully saturated rings. The van der Waals surface area contributed by atoms with Crippen molar-refractivity contribution in [1.82, 2.24) is 5.32 Å². The molecule has 1 aliphatic heterocycles. The highest BCUT2D eigenvalue weighted by molar-refractivity contribution is 4.80. The third-order valence-corrected chi connectivity index (χ3v) is 1.85. The molecule has 0 aliphatic carbocycles. The van der Waals surface area contributed by atoms with Gasteiger partial charge >= 0.3 is 0 Å². The highest BCUT2D eigenvalue weighted by Crippen LogP contribution is 2.09. The molecule has 0 aromatic carbocycles. The molecule has 0 radical (unpaired) electrons. The van der Waals surface area contributed by atoms with Crippen LogP contribution < -0.4 is 5.32 Å². The highest BCUT2D eigenvalue weighted by atomic mass is 16.3. The number of hydrogen-bond donors (Lipinski definition) is 2. The minimum Gasteiger partial charge on any atom is -0.391 e.